The van der Waals surface area contributed by atoms with E-state index in [-0.39, 0.29) is 36.7 Å². The largest absolute Gasteiger partial charge is 0.484 e. The topological polar surface area (TPSA) is 88.6 Å². The number of nitrogens with zero attached hydrogens (tertiary/aromatic N) is 2. The smallest absolute Gasteiger partial charge is 0.293 e. The fourth-order valence-corrected chi connectivity index (χ4v) is 3.50. The van der Waals surface area contributed by atoms with Gasteiger partial charge in [0.15, 0.2) is 6.61 Å². The van der Waals surface area contributed by atoms with Gasteiger partial charge in [-0.2, -0.15) is 0 Å². The Balaban J connectivity index is 1.46. The minimum Gasteiger partial charge on any atom is -0.484 e. The summed E-state index contributed by atoms with van der Waals surface area (Å²) in [4.78, 5) is 41.9. The molecule has 9 heteroatoms. The number of halogens is 1. The highest BCUT2D eigenvalue weighted by Gasteiger charge is 2.34. The molecule has 0 unspecified atom stereocenters. The molecular weight excluding hydrogens is 414 g/mol. The lowest BCUT2D eigenvalue weighted by Crippen LogP contribution is -2.38. The molecule has 0 radical (unpaired) electrons. The van der Waals surface area contributed by atoms with Crippen molar-refractivity contribution >= 4 is 46.5 Å². The van der Waals surface area contributed by atoms with Crippen molar-refractivity contribution in [3.8, 4) is 5.75 Å². The average molecular weight is 432 g/mol. The van der Waals surface area contributed by atoms with Gasteiger partial charge in [-0.05, 0) is 60.2 Å². The molecule has 1 fully saturated rings. The van der Waals surface area contributed by atoms with Crippen LogP contribution in [0.4, 0.5) is 4.79 Å². The maximum Gasteiger partial charge on any atom is 0.293 e. The summed E-state index contributed by atoms with van der Waals surface area (Å²) in [5, 5.41) is 2.89. The van der Waals surface area contributed by atoms with Gasteiger partial charge in [0, 0.05) is 30.5 Å². The van der Waals surface area contributed by atoms with Gasteiger partial charge in [-0.25, -0.2) is 0 Å². The highest BCUT2D eigenvalue weighted by Crippen LogP contribution is 2.31. The van der Waals surface area contributed by atoms with E-state index >= 15 is 0 Å². The second-order valence-electron chi connectivity index (χ2n) is 6.17. The summed E-state index contributed by atoms with van der Waals surface area (Å²) in [6.07, 6.45) is 4.86. The van der Waals surface area contributed by atoms with Gasteiger partial charge >= 0.3 is 0 Å². The molecule has 0 atom stereocenters. The highest BCUT2D eigenvalue weighted by molar-refractivity contribution is 8.18. The van der Waals surface area contributed by atoms with Crippen LogP contribution in [0.15, 0.2) is 47.6 Å². The molecule has 1 N–H and O–H groups in total. The summed E-state index contributed by atoms with van der Waals surface area (Å²) in [6.45, 7) is 1.89. The van der Waals surface area contributed by atoms with Crippen molar-refractivity contribution in [2.24, 2.45) is 0 Å². The minimum absolute atomic E-state index is 0.0842. The molecule has 0 spiro atoms. The zero-order valence-electron chi connectivity index (χ0n) is 15.6. The highest BCUT2D eigenvalue weighted by atomic mass is 35.5. The van der Waals surface area contributed by atoms with Crippen molar-refractivity contribution in [3.05, 3.63) is 63.8 Å². The summed E-state index contributed by atoms with van der Waals surface area (Å²) in [5.41, 5.74) is 1.59. The van der Waals surface area contributed by atoms with Crippen LogP contribution in [0.5, 0.6) is 5.75 Å². The fraction of sp³-hybridized carbons (Fsp3) is 0.200. The predicted octanol–water partition coefficient (Wildman–Crippen LogP) is 3.27. The number of ether oxygens (including phenoxy) is 1. The molecule has 0 saturated carbocycles. The van der Waals surface area contributed by atoms with Gasteiger partial charge in [0.2, 0.25) is 0 Å². The number of pyridine rings is 1. The van der Waals surface area contributed by atoms with Crippen LogP contribution in [-0.2, 0) is 9.59 Å². The van der Waals surface area contributed by atoms with E-state index < -0.39 is 0 Å². The number of imide groups is 1. The summed E-state index contributed by atoms with van der Waals surface area (Å²) >= 11 is 6.82. The van der Waals surface area contributed by atoms with Gasteiger partial charge in [-0.3, -0.25) is 24.3 Å². The zero-order valence-corrected chi connectivity index (χ0v) is 17.1. The van der Waals surface area contributed by atoms with Crippen molar-refractivity contribution in [1.82, 2.24) is 15.2 Å². The van der Waals surface area contributed by atoms with Crippen molar-refractivity contribution in [2.45, 2.75) is 6.92 Å². The number of hydrogen-bond acceptors (Lipinski definition) is 6. The molecule has 1 aliphatic rings. The summed E-state index contributed by atoms with van der Waals surface area (Å²) in [7, 11) is 0. The molecular formula is C20H18ClN3O4S. The first-order valence-corrected chi connectivity index (χ1v) is 9.94. The number of hydrogen-bond donors (Lipinski definition) is 1. The maximum absolute atomic E-state index is 12.4. The molecule has 1 aromatic heterocycles. The molecule has 2 heterocycles. The number of rotatable bonds is 7. The second kappa shape index (κ2) is 9.58. The van der Waals surface area contributed by atoms with Crippen LogP contribution in [0.25, 0.3) is 6.08 Å². The predicted molar refractivity (Wildman–Crippen MR) is 112 cm³/mol. The molecule has 7 nitrogen and oxygen atoms in total. The van der Waals surface area contributed by atoms with Crippen LogP contribution in [0.2, 0.25) is 5.02 Å². The number of aryl methyl sites for hydroxylation is 1. The molecule has 0 aliphatic carbocycles. The van der Waals surface area contributed by atoms with Crippen LogP contribution < -0.4 is 10.1 Å². The van der Waals surface area contributed by atoms with Gasteiger partial charge in [-0.15, -0.1) is 0 Å². The third-order valence-electron chi connectivity index (χ3n) is 4.01. The van der Waals surface area contributed by atoms with Gasteiger partial charge in [0.1, 0.15) is 5.75 Å². The third kappa shape index (κ3) is 5.58. The first-order chi connectivity index (χ1) is 13.9. The van der Waals surface area contributed by atoms with E-state index in [0.717, 1.165) is 27.8 Å². The number of benzene rings is 1. The Kier molecular flexibility index (Phi) is 6.90. The van der Waals surface area contributed by atoms with Gasteiger partial charge < -0.3 is 10.1 Å². The molecule has 150 valence electrons. The monoisotopic (exact) mass is 431 g/mol. The van der Waals surface area contributed by atoms with Crippen molar-refractivity contribution < 1.29 is 19.1 Å². The van der Waals surface area contributed by atoms with E-state index in [1.807, 2.05) is 6.92 Å². The first kappa shape index (κ1) is 20.9. The van der Waals surface area contributed by atoms with E-state index in [1.54, 1.807) is 48.8 Å². The Morgan fingerprint density at radius 3 is 2.90 bits per heavy atom. The lowest BCUT2D eigenvalue weighted by atomic mass is 10.2. The number of amides is 3. The Labute approximate surface area is 177 Å². The molecule has 3 amide bonds. The summed E-state index contributed by atoms with van der Waals surface area (Å²) < 4.78 is 5.41. The molecule has 1 saturated heterocycles. The Morgan fingerprint density at radius 1 is 1.34 bits per heavy atom. The average Bonchev–Trinajstić information content (AvgIpc) is 2.97. The lowest BCUT2D eigenvalue weighted by molar-refractivity contribution is -0.125. The van der Waals surface area contributed by atoms with E-state index in [2.05, 4.69) is 10.3 Å². The second-order valence-corrected chi connectivity index (χ2v) is 7.57. The molecule has 1 aromatic carbocycles. The molecule has 29 heavy (non-hydrogen) atoms. The maximum atomic E-state index is 12.4. The number of carbonyl (C=O) groups excluding carboxylic acids is 3. The Hall–Kier alpha value is -2.84. The van der Waals surface area contributed by atoms with Crippen LogP contribution in [-0.4, -0.2) is 46.6 Å². The van der Waals surface area contributed by atoms with Crippen molar-refractivity contribution in [3.63, 3.8) is 0 Å². The molecule has 2 aromatic rings. The number of thioether (sulfide) groups is 1. The molecule has 0 bridgehead atoms. The summed E-state index contributed by atoms with van der Waals surface area (Å²) in [6, 6.07) is 8.66. The minimum atomic E-state index is -0.383. The molecule has 1 aliphatic heterocycles. The summed E-state index contributed by atoms with van der Waals surface area (Å²) in [5.74, 6) is -0.199. The van der Waals surface area contributed by atoms with E-state index in [9.17, 15) is 14.4 Å². The number of aromatic nitrogens is 1. The van der Waals surface area contributed by atoms with Crippen LogP contribution >= 0.6 is 23.4 Å². The fourth-order valence-electron chi connectivity index (χ4n) is 2.52. The SMILES string of the molecule is Cc1cc(OCC(=O)NCCN2C(=O)S/C(=C\c3cccnc3)C2=O)ccc1Cl. The van der Waals surface area contributed by atoms with Crippen molar-refractivity contribution in [1.29, 1.82) is 0 Å². The first-order valence-electron chi connectivity index (χ1n) is 8.75. The normalized spacial score (nSPS) is 15.1. The van der Waals surface area contributed by atoms with Crippen LogP contribution in [0.3, 0.4) is 0 Å². The quantitative estimate of drug-likeness (QED) is 0.677. The molecule has 3 rings (SSSR count). The Bertz CT molecular complexity index is 965. The third-order valence-corrected chi connectivity index (χ3v) is 5.34. The van der Waals surface area contributed by atoms with Crippen molar-refractivity contribution in [2.75, 3.05) is 19.7 Å². The Morgan fingerprint density at radius 2 is 2.17 bits per heavy atom. The van der Waals surface area contributed by atoms with E-state index in [0.29, 0.717) is 15.7 Å². The van der Waals surface area contributed by atoms with E-state index in [1.165, 1.54) is 0 Å². The van der Waals surface area contributed by atoms with Crippen LogP contribution in [0.1, 0.15) is 11.1 Å². The standard InChI is InChI=1S/C20H18ClN3O4S/c1-13-9-15(4-5-16(13)21)28-12-18(25)23-7-8-24-19(26)17(29-20(24)27)10-14-3-2-6-22-11-14/h2-6,9-11H,7-8,12H2,1H3,(H,23,25)/b17-10-. The number of nitrogens with one attached hydrogen (secondary N) is 1. The van der Waals surface area contributed by atoms with Crippen LogP contribution in [0, 0.1) is 6.92 Å². The van der Waals surface area contributed by atoms with Gasteiger partial charge in [0.05, 0.1) is 4.91 Å². The van der Waals surface area contributed by atoms with Gasteiger partial charge in [0.25, 0.3) is 17.1 Å². The zero-order chi connectivity index (χ0) is 20.8. The van der Waals surface area contributed by atoms with Gasteiger partial charge in [-0.1, -0.05) is 17.7 Å². The van der Waals surface area contributed by atoms with E-state index in [4.69, 9.17) is 16.3 Å². The lowest BCUT2D eigenvalue weighted by Gasteiger charge is -2.13. The number of carbonyl (C=O) groups is 3.